The molecule has 1 aromatic heterocycles. The fourth-order valence-corrected chi connectivity index (χ4v) is 5.26. The van der Waals surface area contributed by atoms with Crippen LogP contribution in [0.25, 0.3) is 0 Å². The lowest BCUT2D eigenvalue weighted by molar-refractivity contribution is -0.130. The summed E-state index contributed by atoms with van der Waals surface area (Å²) < 4.78 is 5.57. The average Bonchev–Trinajstić information content (AvgIpc) is 3.08. The van der Waals surface area contributed by atoms with E-state index in [0.29, 0.717) is 19.1 Å². The molecule has 1 saturated carbocycles. The number of rotatable bonds is 5. The number of hydrogen-bond donors (Lipinski definition) is 1. The highest BCUT2D eigenvalue weighted by molar-refractivity contribution is 7.07. The monoisotopic (exact) mass is 391 g/mol. The lowest BCUT2D eigenvalue weighted by Crippen LogP contribution is -2.47. The van der Waals surface area contributed by atoms with Crippen LogP contribution in [0.3, 0.4) is 0 Å². The van der Waals surface area contributed by atoms with Crippen LogP contribution >= 0.6 is 11.3 Å². The molecule has 1 aliphatic carbocycles. The molecule has 7 heteroatoms. The van der Waals surface area contributed by atoms with Gasteiger partial charge in [0.1, 0.15) is 0 Å². The quantitative estimate of drug-likeness (QED) is 0.840. The Balaban J connectivity index is 1.27. The van der Waals surface area contributed by atoms with E-state index in [1.807, 2.05) is 9.80 Å². The van der Waals surface area contributed by atoms with Crippen LogP contribution in [0, 0.1) is 5.41 Å². The van der Waals surface area contributed by atoms with Crippen molar-refractivity contribution in [3.05, 3.63) is 22.4 Å². The molecule has 0 aromatic carbocycles. The van der Waals surface area contributed by atoms with E-state index in [-0.39, 0.29) is 23.5 Å². The molecule has 2 aliphatic heterocycles. The molecule has 3 fully saturated rings. The van der Waals surface area contributed by atoms with Crippen molar-refractivity contribution in [3.8, 4) is 0 Å². The van der Waals surface area contributed by atoms with E-state index in [0.717, 1.165) is 51.8 Å². The van der Waals surface area contributed by atoms with Crippen LogP contribution in [0.5, 0.6) is 0 Å². The minimum atomic E-state index is 0.0271. The summed E-state index contributed by atoms with van der Waals surface area (Å²) in [4.78, 5) is 28.6. The fraction of sp³-hybridized carbons (Fsp3) is 0.700. The SMILES string of the molecule is CC(=O)N(Cc1ccsc1)[C@@H]1CC12CCN(C(=O)NC[C@H]1CCCO1)CC2. The van der Waals surface area contributed by atoms with Gasteiger partial charge < -0.3 is 19.9 Å². The first kappa shape index (κ1) is 18.7. The lowest BCUT2D eigenvalue weighted by atomic mass is 9.92. The summed E-state index contributed by atoms with van der Waals surface area (Å²) in [5.41, 5.74) is 1.43. The summed E-state index contributed by atoms with van der Waals surface area (Å²) in [7, 11) is 0. The zero-order valence-electron chi connectivity index (χ0n) is 16.0. The number of piperidine rings is 1. The van der Waals surface area contributed by atoms with E-state index in [9.17, 15) is 9.59 Å². The Kier molecular flexibility index (Phi) is 5.41. The van der Waals surface area contributed by atoms with Crippen molar-refractivity contribution in [3.63, 3.8) is 0 Å². The molecule has 1 aromatic rings. The molecule has 3 aliphatic rings. The number of nitrogens with one attached hydrogen (secondary N) is 1. The van der Waals surface area contributed by atoms with Crippen LogP contribution in [0.1, 0.15) is 44.6 Å². The number of carbonyl (C=O) groups is 2. The number of likely N-dealkylation sites (tertiary alicyclic amines) is 1. The summed E-state index contributed by atoms with van der Waals surface area (Å²) in [6, 6.07) is 2.45. The topological polar surface area (TPSA) is 61.9 Å². The number of ether oxygens (including phenoxy) is 1. The molecular weight excluding hydrogens is 362 g/mol. The predicted octanol–water partition coefficient (Wildman–Crippen LogP) is 2.84. The summed E-state index contributed by atoms with van der Waals surface area (Å²) in [5, 5.41) is 7.20. The number of carbonyl (C=O) groups excluding carboxylic acids is 2. The number of hydrogen-bond acceptors (Lipinski definition) is 4. The second kappa shape index (κ2) is 7.80. The highest BCUT2D eigenvalue weighted by Gasteiger charge is 2.58. The molecule has 1 spiro atoms. The minimum Gasteiger partial charge on any atom is -0.376 e. The third kappa shape index (κ3) is 4.14. The van der Waals surface area contributed by atoms with Crippen LogP contribution in [0.4, 0.5) is 4.79 Å². The van der Waals surface area contributed by atoms with Crippen molar-refractivity contribution >= 4 is 23.3 Å². The number of urea groups is 1. The Morgan fingerprint density at radius 1 is 1.41 bits per heavy atom. The third-order valence-corrected chi connectivity index (χ3v) is 7.14. The Bertz CT molecular complexity index is 664. The standard InChI is InChI=1S/C20H29N3O3S/c1-15(24)23(13-16-4-10-27-14-16)18-11-20(18)5-7-22(8-6-20)19(25)21-12-17-3-2-9-26-17/h4,10,14,17-18H,2-3,5-9,11-13H2,1H3,(H,21,25)/t17-,18-/m1/s1. The Labute approximate surface area is 164 Å². The molecule has 0 unspecified atom stereocenters. The van der Waals surface area contributed by atoms with Gasteiger partial charge in [0.25, 0.3) is 0 Å². The van der Waals surface area contributed by atoms with Gasteiger partial charge in [-0.25, -0.2) is 4.79 Å². The molecule has 27 heavy (non-hydrogen) atoms. The first-order chi connectivity index (χ1) is 13.1. The molecule has 2 saturated heterocycles. The molecule has 6 nitrogen and oxygen atoms in total. The zero-order valence-corrected chi connectivity index (χ0v) is 16.8. The summed E-state index contributed by atoms with van der Waals surface area (Å²) in [6.07, 6.45) is 5.35. The van der Waals surface area contributed by atoms with Crippen LogP contribution in [0.2, 0.25) is 0 Å². The van der Waals surface area contributed by atoms with Crippen LogP contribution in [0.15, 0.2) is 16.8 Å². The van der Waals surface area contributed by atoms with E-state index < -0.39 is 0 Å². The molecule has 3 amide bonds. The van der Waals surface area contributed by atoms with Gasteiger partial charge in [-0.05, 0) is 59.9 Å². The second-order valence-corrected chi connectivity index (χ2v) is 8.95. The van der Waals surface area contributed by atoms with E-state index in [2.05, 4.69) is 22.1 Å². The first-order valence-corrected chi connectivity index (χ1v) is 10.9. The Morgan fingerprint density at radius 2 is 2.22 bits per heavy atom. The molecule has 3 heterocycles. The maximum absolute atomic E-state index is 12.4. The molecule has 148 valence electrons. The van der Waals surface area contributed by atoms with E-state index in [1.54, 1.807) is 18.3 Å². The minimum absolute atomic E-state index is 0.0271. The van der Waals surface area contributed by atoms with Crippen molar-refractivity contribution < 1.29 is 14.3 Å². The van der Waals surface area contributed by atoms with Crippen LogP contribution in [-0.2, 0) is 16.1 Å². The molecule has 1 N–H and O–H groups in total. The summed E-state index contributed by atoms with van der Waals surface area (Å²) >= 11 is 1.67. The summed E-state index contributed by atoms with van der Waals surface area (Å²) in [6.45, 7) is 5.35. The average molecular weight is 392 g/mol. The van der Waals surface area contributed by atoms with Gasteiger partial charge in [0.2, 0.25) is 5.91 Å². The molecule has 0 bridgehead atoms. The maximum Gasteiger partial charge on any atom is 0.317 e. The van der Waals surface area contributed by atoms with E-state index in [1.165, 1.54) is 5.56 Å². The van der Waals surface area contributed by atoms with Crippen LogP contribution < -0.4 is 5.32 Å². The van der Waals surface area contributed by atoms with Gasteiger partial charge in [-0.2, -0.15) is 11.3 Å². The largest absolute Gasteiger partial charge is 0.376 e. The predicted molar refractivity (Wildman–Crippen MR) is 105 cm³/mol. The van der Waals surface area contributed by atoms with Gasteiger partial charge in [-0.1, -0.05) is 0 Å². The third-order valence-electron chi connectivity index (χ3n) is 6.41. The number of thiophene rings is 1. The highest BCUT2D eigenvalue weighted by Crippen LogP contribution is 2.57. The van der Waals surface area contributed by atoms with Crippen LogP contribution in [-0.4, -0.2) is 60.1 Å². The summed E-state index contributed by atoms with van der Waals surface area (Å²) in [5.74, 6) is 0.153. The molecule has 2 atom stereocenters. The van der Waals surface area contributed by atoms with Gasteiger partial charge in [0.05, 0.1) is 6.10 Å². The van der Waals surface area contributed by atoms with Gasteiger partial charge in [0, 0.05) is 45.8 Å². The van der Waals surface area contributed by atoms with Crippen molar-refractivity contribution in [2.75, 3.05) is 26.2 Å². The normalized spacial score (nSPS) is 26.2. The van der Waals surface area contributed by atoms with Gasteiger partial charge in [-0.3, -0.25) is 4.79 Å². The highest BCUT2D eigenvalue weighted by atomic mass is 32.1. The zero-order chi connectivity index (χ0) is 18.9. The molecule has 0 radical (unpaired) electrons. The molecule has 4 rings (SSSR count). The van der Waals surface area contributed by atoms with Gasteiger partial charge >= 0.3 is 6.03 Å². The van der Waals surface area contributed by atoms with Crippen molar-refractivity contribution in [1.82, 2.24) is 15.1 Å². The van der Waals surface area contributed by atoms with E-state index in [4.69, 9.17) is 4.74 Å². The van der Waals surface area contributed by atoms with Crippen molar-refractivity contribution in [2.24, 2.45) is 5.41 Å². The number of amides is 3. The maximum atomic E-state index is 12.4. The lowest BCUT2D eigenvalue weighted by Gasteiger charge is -2.35. The fourth-order valence-electron chi connectivity index (χ4n) is 4.60. The van der Waals surface area contributed by atoms with Gasteiger partial charge in [-0.15, -0.1) is 0 Å². The number of nitrogens with zero attached hydrogens (tertiary/aromatic N) is 2. The van der Waals surface area contributed by atoms with E-state index >= 15 is 0 Å². The molecular formula is C20H29N3O3S. The first-order valence-electron chi connectivity index (χ1n) is 10.00. The smallest absolute Gasteiger partial charge is 0.317 e. The Hall–Kier alpha value is -1.60. The Morgan fingerprint density at radius 3 is 2.85 bits per heavy atom. The second-order valence-electron chi connectivity index (χ2n) is 8.17. The van der Waals surface area contributed by atoms with Gasteiger partial charge in [0.15, 0.2) is 0 Å². The van der Waals surface area contributed by atoms with Crippen molar-refractivity contribution in [1.29, 1.82) is 0 Å². The van der Waals surface area contributed by atoms with Crippen molar-refractivity contribution in [2.45, 2.75) is 57.7 Å².